The number of carboxylic acids is 1. The Morgan fingerprint density at radius 3 is 2.22 bits per heavy atom. The first kappa shape index (κ1) is 15.7. The monoisotopic (exact) mass is 311 g/mol. The molecular formula is C19H21NO3. The van der Waals surface area contributed by atoms with Crippen LogP contribution in [0.3, 0.4) is 0 Å². The van der Waals surface area contributed by atoms with Crippen molar-refractivity contribution in [1.82, 2.24) is 4.90 Å². The highest BCUT2D eigenvalue weighted by atomic mass is 16.5. The first-order valence-corrected chi connectivity index (χ1v) is 7.87. The number of hydrogen-bond acceptors (Lipinski definition) is 3. The molecule has 0 bridgehead atoms. The molecular weight excluding hydrogens is 290 g/mol. The summed E-state index contributed by atoms with van der Waals surface area (Å²) in [5.41, 5.74) is 2.26. The van der Waals surface area contributed by atoms with E-state index in [0.29, 0.717) is 19.7 Å². The highest BCUT2D eigenvalue weighted by Gasteiger charge is 2.38. The van der Waals surface area contributed by atoms with Crippen LogP contribution in [-0.2, 0) is 22.7 Å². The van der Waals surface area contributed by atoms with E-state index < -0.39 is 11.9 Å². The number of aliphatic carboxylic acids is 1. The Bertz CT molecular complexity index is 630. The lowest BCUT2D eigenvalue weighted by atomic mass is 10.1. The second-order valence-electron chi connectivity index (χ2n) is 5.96. The first-order valence-electron chi connectivity index (χ1n) is 7.87. The van der Waals surface area contributed by atoms with Gasteiger partial charge in [-0.3, -0.25) is 9.69 Å². The van der Waals surface area contributed by atoms with E-state index >= 15 is 0 Å². The zero-order valence-electron chi connectivity index (χ0n) is 13.0. The molecule has 23 heavy (non-hydrogen) atoms. The first-order chi connectivity index (χ1) is 11.2. The smallest absolute Gasteiger partial charge is 0.310 e. The topological polar surface area (TPSA) is 49.8 Å². The maximum atomic E-state index is 11.5. The van der Waals surface area contributed by atoms with Gasteiger partial charge in [0.05, 0.1) is 18.6 Å². The standard InChI is InChI=1S/C19H21NO3/c21-19(22)17-12-20(11-15-7-3-1-4-8-15)13-18(17)23-14-16-9-5-2-6-10-16/h1-10,17-18H,11-14H2,(H,21,22)/t17-,18-/m0/s1. The van der Waals surface area contributed by atoms with Gasteiger partial charge in [0.1, 0.15) is 0 Å². The Kier molecular flexibility index (Phi) is 5.05. The number of carboxylic acid groups (broad SMARTS) is 1. The quantitative estimate of drug-likeness (QED) is 0.891. The predicted molar refractivity (Wildman–Crippen MR) is 87.9 cm³/mol. The van der Waals surface area contributed by atoms with E-state index in [2.05, 4.69) is 17.0 Å². The molecule has 2 atom stereocenters. The summed E-state index contributed by atoms with van der Waals surface area (Å²) < 4.78 is 5.91. The molecule has 1 aliphatic rings. The Labute approximate surface area is 136 Å². The third-order valence-corrected chi connectivity index (χ3v) is 4.21. The number of carbonyl (C=O) groups is 1. The number of benzene rings is 2. The molecule has 0 saturated carbocycles. The van der Waals surface area contributed by atoms with Gasteiger partial charge in [-0.25, -0.2) is 0 Å². The molecule has 0 spiro atoms. The van der Waals surface area contributed by atoms with Crippen molar-refractivity contribution in [3.05, 3.63) is 71.8 Å². The van der Waals surface area contributed by atoms with Crippen LogP contribution in [-0.4, -0.2) is 35.2 Å². The van der Waals surface area contributed by atoms with Crippen molar-refractivity contribution in [2.75, 3.05) is 13.1 Å². The average molecular weight is 311 g/mol. The Morgan fingerprint density at radius 1 is 1.00 bits per heavy atom. The summed E-state index contributed by atoms with van der Waals surface area (Å²) in [7, 11) is 0. The molecule has 1 fully saturated rings. The summed E-state index contributed by atoms with van der Waals surface area (Å²) in [5, 5.41) is 9.46. The van der Waals surface area contributed by atoms with Gasteiger partial charge in [-0.15, -0.1) is 0 Å². The number of rotatable bonds is 6. The lowest BCUT2D eigenvalue weighted by molar-refractivity contribution is -0.145. The van der Waals surface area contributed by atoms with Gasteiger partial charge in [-0.1, -0.05) is 60.7 Å². The van der Waals surface area contributed by atoms with Crippen LogP contribution in [0.5, 0.6) is 0 Å². The maximum absolute atomic E-state index is 11.5. The Hall–Kier alpha value is -2.17. The van der Waals surface area contributed by atoms with Crippen molar-refractivity contribution in [1.29, 1.82) is 0 Å². The van der Waals surface area contributed by atoms with Crippen LogP contribution in [0.2, 0.25) is 0 Å². The summed E-state index contributed by atoms with van der Waals surface area (Å²) in [6, 6.07) is 20.0. The molecule has 1 aliphatic heterocycles. The fourth-order valence-electron chi connectivity index (χ4n) is 3.01. The molecule has 1 heterocycles. The van der Waals surface area contributed by atoms with Crippen molar-refractivity contribution in [2.45, 2.75) is 19.3 Å². The minimum absolute atomic E-state index is 0.267. The predicted octanol–water partition coefficient (Wildman–Crippen LogP) is 2.79. The van der Waals surface area contributed by atoms with E-state index in [1.165, 1.54) is 5.56 Å². The molecule has 4 heteroatoms. The van der Waals surface area contributed by atoms with Crippen molar-refractivity contribution < 1.29 is 14.6 Å². The molecule has 3 rings (SSSR count). The van der Waals surface area contributed by atoms with Gasteiger partial charge in [0.15, 0.2) is 0 Å². The largest absolute Gasteiger partial charge is 0.481 e. The van der Waals surface area contributed by atoms with Crippen LogP contribution in [0.25, 0.3) is 0 Å². The van der Waals surface area contributed by atoms with E-state index in [4.69, 9.17) is 4.74 Å². The van der Waals surface area contributed by atoms with E-state index in [9.17, 15) is 9.90 Å². The molecule has 2 aromatic carbocycles. The zero-order chi connectivity index (χ0) is 16.1. The number of ether oxygens (including phenoxy) is 1. The molecule has 0 amide bonds. The van der Waals surface area contributed by atoms with Gasteiger partial charge in [0.2, 0.25) is 0 Å². The lowest BCUT2D eigenvalue weighted by Crippen LogP contribution is -2.28. The van der Waals surface area contributed by atoms with Gasteiger partial charge in [0.25, 0.3) is 0 Å². The van der Waals surface area contributed by atoms with Crippen LogP contribution in [0.4, 0.5) is 0 Å². The molecule has 1 saturated heterocycles. The van der Waals surface area contributed by atoms with Gasteiger partial charge in [-0.05, 0) is 11.1 Å². The normalized spacial score (nSPS) is 21.4. The SMILES string of the molecule is O=C(O)[C@H]1CN(Cc2ccccc2)C[C@@H]1OCc1ccccc1. The van der Waals surface area contributed by atoms with E-state index in [1.54, 1.807) is 0 Å². The van der Waals surface area contributed by atoms with Crippen LogP contribution < -0.4 is 0 Å². The van der Waals surface area contributed by atoms with E-state index in [0.717, 1.165) is 12.1 Å². The van der Waals surface area contributed by atoms with E-state index in [-0.39, 0.29) is 6.10 Å². The minimum Gasteiger partial charge on any atom is -0.481 e. The van der Waals surface area contributed by atoms with Crippen molar-refractivity contribution in [3.8, 4) is 0 Å². The summed E-state index contributed by atoms with van der Waals surface area (Å²) in [6.45, 7) is 2.40. The summed E-state index contributed by atoms with van der Waals surface area (Å²) >= 11 is 0. The third kappa shape index (κ3) is 4.18. The summed E-state index contributed by atoms with van der Waals surface area (Å²) in [4.78, 5) is 13.7. The number of likely N-dealkylation sites (tertiary alicyclic amines) is 1. The van der Waals surface area contributed by atoms with Gasteiger partial charge in [-0.2, -0.15) is 0 Å². The molecule has 4 nitrogen and oxygen atoms in total. The summed E-state index contributed by atoms with van der Waals surface area (Å²) in [6.07, 6.45) is -0.267. The van der Waals surface area contributed by atoms with Gasteiger partial charge >= 0.3 is 5.97 Å². The fraction of sp³-hybridized carbons (Fsp3) is 0.316. The zero-order valence-corrected chi connectivity index (χ0v) is 13.0. The minimum atomic E-state index is -0.779. The molecule has 120 valence electrons. The number of nitrogens with zero attached hydrogens (tertiary/aromatic N) is 1. The van der Waals surface area contributed by atoms with Crippen LogP contribution in [0.1, 0.15) is 11.1 Å². The molecule has 0 unspecified atom stereocenters. The van der Waals surface area contributed by atoms with Crippen LogP contribution in [0, 0.1) is 5.92 Å². The highest BCUT2D eigenvalue weighted by Crippen LogP contribution is 2.23. The number of hydrogen-bond donors (Lipinski definition) is 1. The molecule has 0 aromatic heterocycles. The molecule has 0 radical (unpaired) electrons. The maximum Gasteiger partial charge on any atom is 0.310 e. The second kappa shape index (κ2) is 7.40. The average Bonchev–Trinajstić information content (AvgIpc) is 2.98. The van der Waals surface area contributed by atoms with Crippen LogP contribution in [0.15, 0.2) is 60.7 Å². The van der Waals surface area contributed by atoms with E-state index in [1.807, 2.05) is 48.5 Å². The molecule has 2 aromatic rings. The lowest BCUT2D eigenvalue weighted by Gasteiger charge is -2.16. The van der Waals surface area contributed by atoms with Gasteiger partial charge in [0, 0.05) is 19.6 Å². The Morgan fingerprint density at radius 2 is 1.61 bits per heavy atom. The van der Waals surface area contributed by atoms with Crippen LogP contribution >= 0.6 is 0 Å². The molecule has 0 aliphatic carbocycles. The summed E-state index contributed by atoms with van der Waals surface area (Å²) in [5.74, 6) is -1.25. The van der Waals surface area contributed by atoms with Crippen molar-refractivity contribution in [2.24, 2.45) is 5.92 Å². The molecule has 1 N–H and O–H groups in total. The van der Waals surface area contributed by atoms with Crippen molar-refractivity contribution >= 4 is 5.97 Å². The van der Waals surface area contributed by atoms with Crippen molar-refractivity contribution in [3.63, 3.8) is 0 Å². The highest BCUT2D eigenvalue weighted by molar-refractivity contribution is 5.71. The Balaban J connectivity index is 1.61. The van der Waals surface area contributed by atoms with Gasteiger partial charge < -0.3 is 9.84 Å². The second-order valence-corrected chi connectivity index (χ2v) is 5.96. The fourth-order valence-corrected chi connectivity index (χ4v) is 3.01. The third-order valence-electron chi connectivity index (χ3n) is 4.21.